The number of hydrogen-bond acceptors (Lipinski definition) is 3. The molecule has 4 rings (SSSR count). The van der Waals surface area contributed by atoms with Gasteiger partial charge >= 0.3 is 0 Å². The van der Waals surface area contributed by atoms with Crippen LogP contribution in [0, 0.1) is 6.92 Å². The first kappa shape index (κ1) is 15.3. The first-order valence-corrected chi connectivity index (χ1v) is 9.20. The van der Waals surface area contributed by atoms with Crippen LogP contribution in [0.15, 0.2) is 41.7 Å². The number of aromatic nitrogens is 3. The zero-order chi connectivity index (χ0) is 16.5. The molecule has 0 saturated carbocycles. The summed E-state index contributed by atoms with van der Waals surface area (Å²) in [4.78, 5) is 16.7. The van der Waals surface area contributed by atoms with Crippen LogP contribution in [0.25, 0.3) is 10.9 Å². The molecule has 0 spiro atoms. The third kappa shape index (κ3) is 2.94. The van der Waals surface area contributed by atoms with Crippen molar-refractivity contribution in [1.82, 2.24) is 19.4 Å². The lowest BCUT2D eigenvalue weighted by molar-refractivity contribution is -0.121. The van der Waals surface area contributed by atoms with E-state index in [1.165, 1.54) is 16.6 Å². The molecule has 0 radical (unpaired) electrons. The lowest BCUT2D eigenvalue weighted by Gasteiger charge is -2.08. The second kappa shape index (κ2) is 6.36. The number of fused-ring (bicyclic) bond motifs is 2. The lowest BCUT2D eigenvalue weighted by atomic mass is 10.2. The molecule has 0 saturated heterocycles. The molecule has 6 heteroatoms. The van der Waals surface area contributed by atoms with Gasteiger partial charge in [-0.1, -0.05) is 30.0 Å². The predicted molar refractivity (Wildman–Crippen MR) is 96.1 cm³/mol. The van der Waals surface area contributed by atoms with Crippen LogP contribution in [0.4, 0.5) is 0 Å². The number of nitrogens with one attached hydrogen (secondary N) is 1. The van der Waals surface area contributed by atoms with Crippen LogP contribution < -0.4 is 5.32 Å². The van der Waals surface area contributed by atoms with Gasteiger partial charge in [-0.3, -0.25) is 4.79 Å². The largest absolute Gasteiger partial charge is 0.350 e. The Hall–Kier alpha value is -2.21. The highest BCUT2D eigenvalue weighted by Crippen LogP contribution is 2.24. The molecule has 0 fully saturated rings. The van der Waals surface area contributed by atoms with Crippen molar-refractivity contribution in [3.63, 3.8) is 0 Å². The van der Waals surface area contributed by atoms with Crippen LogP contribution in [0.2, 0.25) is 0 Å². The van der Waals surface area contributed by atoms with E-state index in [0.717, 1.165) is 23.1 Å². The van der Waals surface area contributed by atoms with Crippen molar-refractivity contribution in [2.24, 2.45) is 0 Å². The maximum absolute atomic E-state index is 12.2. The molecule has 1 N–H and O–H groups in total. The standard InChI is InChI=1S/C18H20N4OS/c1-13-10-14-4-2-3-5-16(14)22(13)7-6-17(23)19-11-15-12-21-8-9-24-18(21)20-15/h2-5,10,12H,6-9,11H2,1H3,(H,19,23). The van der Waals surface area contributed by atoms with Gasteiger partial charge in [0.2, 0.25) is 5.91 Å². The maximum atomic E-state index is 12.2. The number of imidazole rings is 1. The minimum absolute atomic E-state index is 0.0630. The molecule has 2 aromatic heterocycles. The fourth-order valence-electron chi connectivity index (χ4n) is 3.18. The van der Waals surface area contributed by atoms with E-state index in [4.69, 9.17) is 0 Å². The van der Waals surface area contributed by atoms with E-state index in [9.17, 15) is 4.79 Å². The quantitative estimate of drug-likeness (QED) is 0.777. The van der Waals surface area contributed by atoms with Gasteiger partial charge in [-0.25, -0.2) is 4.98 Å². The second-order valence-corrected chi connectivity index (χ2v) is 7.14. The second-order valence-electron chi connectivity index (χ2n) is 6.08. The van der Waals surface area contributed by atoms with E-state index >= 15 is 0 Å². The molecule has 1 amide bonds. The van der Waals surface area contributed by atoms with Crippen molar-refractivity contribution >= 4 is 28.6 Å². The molecule has 3 heterocycles. The first-order chi connectivity index (χ1) is 11.7. The van der Waals surface area contributed by atoms with Crippen LogP contribution in [0.1, 0.15) is 17.8 Å². The topological polar surface area (TPSA) is 51.9 Å². The molecule has 3 aromatic rings. The summed E-state index contributed by atoms with van der Waals surface area (Å²) in [5.41, 5.74) is 3.31. The van der Waals surface area contributed by atoms with Gasteiger partial charge in [-0.2, -0.15) is 0 Å². The van der Waals surface area contributed by atoms with Crippen LogP contribution >= 0.6 is 11.8 Å². The average Bonchev–Trinajstić information content (AvgIpc) is 3.23. The van der Waals surface area contributed by atoms with Crippen LogP contribution in [0.5, 0.6) is 0 Å². The van der Waals surface area contributed by atoms with Gasteiger partial charge < -0.3 is 14.5 Å². The van der Waals surface area contributed by atoms with Crippen LogP contribution in [-0.2, 0) is 24.4 Å². The van der Waals surface area contributed by atoms with Gasteiger partial charge in [-0.05, 0) is 24.4 Å². The van der Waals surface area contributed by atoms with E-state index in [2.05, 4.69) is 44.6 Å². The zero-order valence-corrected chi connectivity index (χ0v) is 14.5. The highest BCUT2D eigenvalue weighted by atomic mass is 32.2. The van der Waals surface area contributed by atoms with Gasteiger partial charge in [0.25, 0.3) is 0 Å². The highest BCUT2D eigenvalue weighted by Gasteiger charge is 2.14. The number of benzene rings is 1. The van der Waals surface area contributed by atoms with E-state index in [1.807, 2.05) is 18.3 Å². The van der Waals surface area contributed by atoms with Crippen molar-refractivity contribution in [2.45, 2.75) is 38.1 Å². The Labute approximate surface area is 145 Å². The maximum Gasteiger partial charge on any atom is 0.222 e. The fourth-order valence-corrected chi connectivity index (χ4v) is 4.15. The van der Waals surface area contributed by atoms with E-state index in [1.54, 1.807) is 11.8 Å². The number of carbonyl (C=O) groups excluding carboxylic acids is 1. The molecule has 1 aliphatic rings. The summed E-state index contributed by atoms with van der Waals surface area (Å²) in [6, 6.07) is 10.4. The van der Waals surface area contributed by atoms with Crippen LogP contribution in [-0.4, -0.2) is 25.8 Å². The van der Waals surface area contributed by atoms with Gasteiger partial charge in [0.05, 0.1) is 12.2 Å². The number of nitrogens with zero attached hydrogens (tertiary/aromatic N) is 3. The number of carbonyl (C=O) groups is 1. The molecule has 24 heavy (non-hydrogen) atoms. The number of amides is 1. The van der Waals surface area contributed by atoms with E-state index in [0.29, 0.717) is 19.5 Å². The van der Waals surface area contributed by atoms with Gasteiger partial charge in [0, 0.05) is 42.7 Å². The Bertz CT molecular complexity index is 874. The van der Waals surface area contributed by atoms with Crippen molar-refractivity contribution in [3.05, 3.63) is 47.9 Å². The Morgan fingerprint density at radius 3 is 3.12 bits per heavy atom. The SMILES string of the molecule is Cc1cc2ccccc2n1CCC(=O)NCc1cn2c(n1)SCC2. The first-order valence-electron chi connectivity index (χ1n) is 8.21. The van der Waals surface area contributed by atoms with Gasteiger partial charge in [0.1, 0.15) is 0 Å². The molecular formula is C18H20N4OS. The lowest BCUT2D eigenvalue weighted by Crippen LogP contribution is -2.24. The van der Waals surface area contributed by atoms with Gasteiger partial charge in [-0.15, -0.1) is 0 Å². The van der Waals surface area contributed by atoms with E-state index < -0.39 is 0 Å². The van der Waals surface area contributed by atoms with Crippen molar-refractivity contribution in [2.75, 3.05) is 5.75 Å². The van der Waals surface area contributed by atoms with Crippen molar-refractivity contribution in [3.8, 4) is 0 Å². The minimum atomic E-state index is 0.0630. The number of rotatable bonds is 5. The Kier molecular flexibility index (Phi) is 4.06. The van der Waals surface area contributed by atoms with Crippen molar-refractivity contribution in [1.29, 1.82) is 0 Å². The average molecular weight is 340 g/mol. The van der Waals surface area contributed by atoms with Crippen LogP contribution in [0.3, 0.4) is 0 Å². The molecule has 1 aliphatic heterocycles. The summed E-state index contributed by atoms with van der Waals surface area (Å²) in [6.45, 7) is 4.30. The Morgan fingerprint density at radius 1 is 1.38 bits per heavy atom. The molecule has 0 unspecified atom stereocenters. The number of hydrogen-bond donors (Lipinski definition) is 1. The highest BCUT2D eigenvalue weighted by molar-refractivity contribution is 7.99. The molecule has 0 aliphatic carbocycles. The number of para-hydroxylation sites is 1. The normalized spacial score (nSPS) is 13.4. The third-order valence-electron chi connectivity index (χ3n) is 4.40. The summed E-state index contributed by atoms with van der Waals surface area (Å²) >= 11 is 1.77. The Morgan fingerprint density at radius 2 is 2.25 bits per heavy atom. The monoisotopic (exact) mass is 340 g/mol. The molecule has 5 nitrogen and oxygen atoms in total. The number of aryl methyl sites for hydroxylation is 3. The van der Waals surface area contributed by atoms with Crippen molar-refractivity contribution < 1.29 is 4.79 Å². The predicted octanol–water partition coefficient (Wildman–Crippen LogP) is 2.96. The summed E-state index contributed by atoms with van der Waals surface area (Å²) in [7, 11) is 0. The molecule has 0 atom stereocenters. The Balaban J connectivity index is 1.35. The molecule has 1 aromatic carbocycles. The molecular weight excluding hydrogens is 320 g/mol. The minimum Gasteiger partial charge on any atom is -0.350 e. The summed E-state index contributed by atoms with van der Waals surface area (Å²) in [5.74, 6) is 1.16. The number of thioether (sulfide) groups is 1. The fraction of sp³-hybridized carbons (Fsp3) is 0.333. The zero-order valence-electron chi connectivity index (χ0n) is 13.7. The van der Waals surface area contributed by atoms with E-state index in [-0.39, 0.29) is 5.91 Å². The summed E-state index contributed by atoms with van der Waals surface area (Å²) in [6.07, 6.45) is 2.51. The smallest absolute Gasteiger partial charge is 0.222 e. The van der Waals surface area contributed by atoms with Gasteiger partial charge in [0.15, 0.2) is 5.16 Å². The summed E-state index contributed by atoms with van der Waals surface area (Å²) < 4.78 is 4.36. The molecule has 0 bridgehead atoms. The third-order valence-corrected chi connectivity index (χ3v) is 5.37. The molecule has 124 valence electrons. The summed E-state index contributed by atoms with van der Waals surface area (Å²) in [5, 5.41) is 5.27.